The highest BCUT2D eigenvalue weighted by Gasteiger charge is 2.19. The van der Waals surface area contributed by atoms with E-state index < -0.39 is 0 Å². The molecule has 2 heteroatoms. The van der Waals surface area contributed by atoms with Crippen molar-refractivity contribution in [3.8, 4) is 39.1 Å². The van der Waals surface area contributed by atoms with Gasteiger partial charge < -0.3 is 9.47 Å². The van der Waals surface area contributed by atoms with Gasteiger partial charge >= 0.3 is 0 Å². The monoisotopic (exact) mass is 688 g/mol. The summed E-state index contributed by atoms with van der Waals surface area (Å²) in [7, 11) is 0. The highest BCUT2D eigenvalue weighted by atomic mass is 15.1. The van der Waals surface area contributed by atoms with Gasteiger partial charge in [0.2, 0.25) is 0 Å². The molecule has 10 rings (SSSR count). The van der Waals surface area contributed by atoms with E-state index >= 15 is 0 Å². The van der Waals surface area contributed by atoms with Crippen molar-refractivity contribution < 1.29 is 0 Å². The Labute approximate surface area is 315 Å². The van der Waals surface area contributed by atoms with Crippen molar-refractivity contribution in [3.63, 3.8) is 0 Å². The lowest BCUT2D eigenvalue weighted by Gasteiger charge is -2.28. The zero-order valence-corrected chi connectivity index (χ0v) is 29.7. The molecule has 0 aliphatic carbocycles. The smallest absolute Gasteiger partial charge is 0.0547 e. The molecule has 0 aliphatic rings. The molecule has 10 aromatic rings. The molecule has 0 spiro atoms. The second-order valence-corrected chi connectivity index (χ2v) is 13.8. The summed E-state index contributed by atoms with van der Waals surface area (Å²) in [4.78, 5) is 2.39. The average molecular weight is 689 g/mol. The molecule has 0 radical (unpaired) electrons. The van der Waals surface area contributed by atoms with Gasteiger partial charge in [-0.3, -0.25) is 0 Å². The molecule has 0 fully saturated rings. The van der Waals surface area contributed by atoms with Crippen LogP contribution in [0.2, 0.25) is 0 Å². The summed E-state index contributed by atoms with van der Waals surface area (Å²) in [5, 5.41) is 5.02. The molecule has 1 aromatic heterocycles. The van der Waals surface area contributed by atoms with E-state index in [0.717, 1.165) is 22.7 Å². The maximum atomic E-state index is 2.40. The zero-order chi connectivity index (χ0) is 35.8. The average Bonchev–Trinajstić information content (AvgIpc) is 3.57. The van der Waals surface area contributed by atoms with Gasteiger partial charge in [-0.2, -0.15) is 0 Å². The summed E-state index contributed by atoms with van der Waals surface area (Å²) in [5.74, 6) is 0. The topological polar surface area (TPSA) is 8.17 Å². The van der Waals surface area contributed by atoms with Crippen LogP contribution in [0.15, 0.2) is 218 Å². The Morgan fingerprint density at radius 2 is 0.796 bits per heavy atom. The lowest BCUT2D eigenvalue weighted by Crippen LogP contribution is -2.11. The fourth-order valence-corrected chi connectivity index (χ4v) is 7.93. The van der Waals surface area contributed by atoms with Crippen LogP contribution in [-0.2, 0) is 0 Å². The van der Waals surface area contributed by atoms with Gasteiger partial charge in [-0.1, -0.05) is 158 Å². The van der Waals surface area contributed by atoms with Gasteiger partial charge in [-0.15, -0.1) is 0 Å². The number of hydrogen-bond acceptors (Lipinski definition) is 1. The number of anilines is 3. The third kappa shape index (κ3) is 5.62. The number of rotatable bonds is 7. The van der Waals surface area contributed by atoms with Crippen LogP contribution in [-0.4, -0.2) is 4.57 Å². The van der Waals surface area contributed by atoms with E-state index in [4.69, 9.17) is 0 Å². The van der Waals surface area contributed by atoms with E-state index in [1.54, 1.807) is 0 Å². The van der Waals surface area contributed by atoms with E-state index in [-0.39, 0.29) is 0 Å². The van der Waals surface area contributed by atoms with Crippen molar-refractivity contribution in [2.45, 2.75) is 0 Å². The maximum Gasteiger partial charge on any atom is 0.0547 e. The Morgan fingerprint density at radius 1 is 0.315 bits per heavy atom. The fraction of sp³-hybridized carbons (Fsp3) is 0. The molecule has 0 aliphatic heterocycles. The summed E-state index contributed by atoms with van der Waals surface area (Å²) in [5.41, 5.74) is 14.0. The normalized spacial score (nSPS) is 11.3. The summed E-state index contributed by atoms with van der Waals surface area (Å²) < 4.78 is 2.40. The predicted octanol–water partition coefficient (Wildman–Crippen LogP) is 14.4. The van der Waals surface area contributed by atoms with Crippen LogP contribution in [0.25, 0.3) is 71.6 Å². The van der Waals surface area contributed by atoms with Crippen molar-refractivity contribution in [2.24, 2.45) is 0 Å². The predicted molar refractivity (Wildman–Crippen MR) is 229 cm³/mol. The highest BCUT2D eigenvalue weighted by Crippen LogP contribution is 2.42. The van der Waals surface area contributed by atoms with Crippen molar-refractivity contribution >= 4 is 49.6 Å². The first-order valence-electron chi connectivity index (χ1n) is 18.5. The van der Waals surface area contributed by atoms with Crippen LogP contribution in [0.3, 0.4) is 0 Å². The lowest BCUT2D eigenvalue weighted by molar-refractivity contribution is 1.17. The quantitative estimate of drug-likeness (QED) is 0.162. The summed E-state index contributed by atoms with van der Waals surface area (Å²) in [6, 6.07) is 78.8. The molecule has 2 nitrogen and oxygen atoms in total. The van der Waals surface area contributed by atoms with Crippen LogP contribution in [0, 0.1) is 0 Å². The minimum Gasteiger partial charge on any atom is -0.310 e. The maximum absolute atomic E-state index is 2.40. The molecule has 0 bridgehead atoms. The van der Waals surface area contributed by atoms with Gasteiger partial charge in [0.15, 0.2) is 0 Å². The first kappa shape index (κ1) is 31.6. The second-order valence-electron chi connectivity index (χ2n) is 13.8. The number of hydrogen-bond donors (Lipinski definition) is 0. The number of fused-ring (bicyclic) bond motifs is 4. The van der Waals surface area contributed by atoms with Gasteiger partial charge in [0, 0.05) is 33.4 Å². The molecule has 9 aromatic carbocycles. The number of nitrogens with zero attached hydrogens (tertiary/aromatic N) is 2. The Hall–Kier alpha value is -7.16. The Bertz CT molecular complexity index is 2890. The van der Waals surface area contributed by atoms with Gasteiger partial charge in [-0.05, 0) is 99.3 Å². The molecule has 254 valence electrons. The standard InChI is InChI=1S/C52H36N2/c1-3-13-37(14-4-1)39-23-25-41(26-24-39)47-19-9-11-21-50(47)53(44-29-27-40(28-30-44)38-15-5-2-6-16-38)45-31-33-46(34-32-45)54-51-22-12-10-20-48(51)49-35-42-17-7-8-18-43(42)36-52(49)54/h1-36H. The summed E-state index contributed by atoms with van der Waals surface area (Å²) in [6.45, 7) is 0. The third-order valence-corrected chi connectivity index (χ3v) is 10.6. The van der Waals surface area contributed by atoms with Crippen molar-refractivity contribution in [2.75, 3.05) is 4.90 Å². The molecule has 0 saturated carbocycles. The number of para-hydroxylation sites is 2. The molecule has 1 heterocycles. The van der Waals surface area contributed by atoms with Gasteiger partial charge in [0.1, 0.15) is 0 Å². The number of benzene rings is 9. The third-order valence-electron chi connectivity index (χ3n) is 10.6. The first-order valence-corrected chi connectivity index (χ1v) is 18.5. The van der Waals surface area contributed by atoms with E-state index in [0.29, 0.717) is 0 Å². The van der Waals surface area contributed by atoms with E-state index in [2.05, 4.69) is 228 Å². The Balaban J connectivity index is 1.11. The minimum atomic E-state index is 1.09. The largest absolute Gasteiger partial charge is 0.310 e. The molecule has 0 saturated heterocycles. The zero-order valence-electron chi connectivity index (χ0n) is 29.7. The Kier molecular flexibility index (Phi) is 7.85. The van der Waals surface area contributed by atoms with Crippen molar-refractivity contribution in [1.29, 1.82) is 0 Å². The fourth-order valence-electron chi connectivity index (χ4n) is 7.93. The SMILES string of the molecule is c1ccc(-c2ccc(-c3ccccc3N(c3ccc(-c4ccccc4)cc3)c3ccc(-n4c5ccccc5c5cc6ccccc6cc54)cc3)cc2)cc1. The highest BCUT2D eigenvalue weighted by molar-refractivity contribution is 6.13. The number of aromatic nitrogens is 1. The summed E-state index contributed by atoms with van der Waals surface area (Å²) >= 11 is 0. The molecule has 0 N–H and O–H groups in total. The lowest BCUT2D eigenvalue weighted by atomic mass is 9.98. The summed E-state index contributed by atoms with van der Waals surface area (Å²) in [6.07, 6.45) is 0. The van der Waals surface area contributed by atoms with E-state index in [1.807, 2.05) is 0 Å². The van der Waals surface area contributed by atoms with Crippen molar-refractivity contribution in [3.05, 3.63) is 218 Å². The minimum absolute atomic E-state index is 1.09. The first-order chi connectivity index (χ1) is 26.8. The van der Waals surface area contributed by atoms with Gasteiger partial charge in [0.25, 0.3) is 0 Å². The van der Waals surface area contributed by atoms with E-state index in [1.165, 1.54) is 66.0 Å². The van der Waals surface area contributed by atoms with E-state index in [9.17, 15) is 0 Å². The van der Waals surface area contributed by atoms with Crippen LogP contribution in [0.5, 0.6) is 0 Å². The molecular formula is C52H36N2. The van der Waals surface area contributed by atoms with Gasteiger partial charge in [-0.25, -0.2) is 0 Å². The molecule has 0 unspecified atom stereocenters. The Morgan fingerprint density at radius 3 is 1.46 bits per heavy atom. The van der Waals surface area contributed by atoms with Crippen LogP contribution < -0.4 is 4.90 Å². The van der Waals surface area contributed by atoms with Crippen LogP contribution in [0.4, 0.5) is 17.1 Å². The van der Waals surface area contributed by atoms with Crippen LogP contribution >= 0.6 is 0 Å². The molecule has 54 heavy (non-hydrogen) atoms. The molecule has 0 amide bonds. The van der Waals surface area contributed by atoms with Crippen LogP contribution in [0.1, 0.15) is 0 Å². The van der Waals surface area contributed by atoms with Gasteiger partial charge in [0.05, 0.1) is 16.7 Å². The molecular weight excluding hydrogens is 653 g/mol. The molecule has 0 atom stereocenters. The van der Waals surface area contributed by atoms with Crippen molar-refractivity contribution in [1.82, 2.24) is 4.57 Å². The second kappa shape index (κ2) is 13.4.